The zero-order valence-corrected chi connectivity index (χ0v) is 23.5. The average molecular weight is 559 g/mol. The average Bonchev–Trinajstić information content (AvgIpc) is 3.31. The fourth-order valence-electron chi connectivity index (χ4n) is 5.60. The molecule has 2 aromatic carbocycles. The highest BCUT2D eigenvalue weighted by Gasteiger charge is 2.30. The van der Waals surface area contributed by atoms with Crippen LogP contribution in [0, 0.1) is 0 Å². The molecule has 10 heteroatoms. The Balaban J connectivity index is 1.49. The molecule has 0 atom stereocenters. The number of Topliss-reactive ketones (excluding diaryl/α,β-unsaturated/α-hetero) is 1. The molecule has 1 aliphatic heterocycles. The summed E-state index contributed by atoms with van der Waals surface area (Å²) in [5, 5.41) is 4.05. The summed E-state index contributed by atoms with van der Waals surface area (Å²) in [6.45, 7) is 3.28. The molecule has 10 nitrogen and oxygen atoms in total. The van der Waals surface area contributed by atoms with Crippen molar-refractivity contribution >= 4 is 39.4 Å². The van der Waals surface area contributed by atoms with Crippen molar-refractivity contribution in [2.75, 3.05) is 33.4 Å². The lowest BCUT2D eigenvalue weighted by atomic mass is 10.0. The van der Waals surface area contributed by atoms with Crippen molar-refractivity contribution in [1.29, 1.82) is 0 Å². The molecule has 0 bridgehead atoms. The number of hydrogen-bond acceptors (Lipinski definition) is 6. The van der Waals surface area contributed by atoms with Crippen molar-refractivity contribution in [3.8, 4) is 5.75 Å². The van der Waals surface area contributed by atoms with Crippen molar-refractivity contribution < 1.29 is 23.9 Å². The van der Waals surface area contributed by atoms with Crippen LogP contribution in [0.3, 0.4) is 0 Å². The van der Waals surface area contributed by atoms with Gasteiger partial charge >= 0.3 is 0 Å². The third-order valence-corrected chi connectivity index (χ3v) is 7.69. The van der Waals surface area contributed by atoms with E-state index < -0.39 is 5.56 Å². The van der Waals surface area contributed by atoms with E-state index in [0.717, 1.165) is 5.39 Å². The predicted octanol–water partition coefficient (Wildman–Crippen LogP) is 3.14. The monoisotopic (exact) mass is 558 g/mol. The fourth-order valence-corrected chi connectivity index (χ4v) is 5.60. The van der Waals surface area contributed by atoms with Gasteiger partial charge in [-0.1, -0.05) is 48.5 Å². The molecule has 4 aromatic rings. The van der Waals surface area contributed by atoms with E-state index in [0.29, 0.717) is 49.1 Å². The van der Waals surface area contributed by atoms with Crippen LogP contribution >= 0.6 is 0 Å². The minimum absolute atomic E-state index is 0.0547. The number of ketones is 1. The molecular formula is C31H34N4O6. The normalized spacial score (nSPS) is 14.0. The van der Waals surface area contributed by atoms with Crippen LogP contribution in [-0.4, -0.2) is 71.1 Å². The highest BCUT2D eigenvalue weighted by atomic mass is 16.5. The Kier molecular flexibility index (Phi) is 8.21. The minimum atomic E-state index is -0.407. The van der Waals surface area contributed by atoms with E-state index in [1.54, 1.807) is 46.8 Å². The van der Waals surface area contributed by atoms with Crippen molar-refractivity contribution in [3.05, 3.63) is 76.2 Å². The number of pyridine rings is 1. The summed E-state index contributed by atoms with van der Waals surface area (Å²) in [4.78, 5) is 54.8. The van der Waals surface area contributed by atoms with E-state index in [-0.39, 0.29) is 53.6 Å². The van der Waals surface area contributed by atoms with Gasteiger partial charge < -0.3 is 24.3 Å². The number of piperidine rings is 1. The van der Waals surface area contributed by atoms with Crippen LogP contribution < -0.4 is 15.6 Å². The number of fused-ring (bicyclic) bond motifs is 3. The fraction of sp³-hybridized carbons (Fsp3) is 0.355. The van der Waals surface area contributed by atoms with Crippen LogP contribution in [0.5, 0.6) is 5.75 Å². The Morgan fingerprint density at radius 1 is 1.00 bits per heavy atom. The zero-order chi connectivity index (χ0) is 29.1. The summed E-state index contributed by atoms with van der Waals surface area (Å²) in [5.41, 5.74) is 1.48. The van der Waals surface area contributed by atoms with Crippen LogP contribution in [0.25, 0.3) is 21.8 Å². The van der Waals surface area contributed by atoms with Gasteiger partial charge in [0.15, 0.2) is 17.2 Å². The van der Waals surface area contributed by atoms with E-state index in [1.807, 2.05) is 31.2 Å². The van der Waals surface area contributed by atoms with E-state index in [4.69, 9.17) is 9.47 Å². The quantitative estimate of drug-likeness (QED) is 0.316. The first kappa shape index (κ1) is 28.1. The van der Waals surface area contributed by atoms with Gasteiger partial charge in [0, 0.05) is 43.7 Å². The van der Waals surface area contributed by atoms with E-state index in [1.165, 1.54) is 11.7 Å². The van der Waals surface area contributed by atoms with Gasteiger partial charge in [-0.3, -0.25) is 23.7 Å². The Bertz CT molecular complexity index is 1670. The maximum absolute atomic E-state index is 14.0. The molecule has 5 rings (SSSR count). The maximum Gasteiger partial charge on any atom is 0.272 e. The maximum atomic E-state index is 14.0. The van der Waals surface area contributed by atoms with Gasteiger partial charge in [0.1, 0.15) is 12.0 Å². The highest BCUT2D eigenvalue weighted by Crippen LogP contribution is 2.35. The predicted molar refractivity (Wildman–Crippen MR) is 156 cm³/mol. The summed E-state index contributed by atoms with van der Waals surface area (Å²) < 4.78 is 14.1. The summed E-state index contributed by atoms with van der Waals surface area (Å²) in [6, 6.07) is 16.0. The third kappa shape index (κ3) is 5.35. The highest BCUT2D eigenvalue weighted by molar-refractivity contribution is 6.12. The standard InChI is InChI=1S/C31H34N4O6/c1-4-41-19-25(37)34-16-14-21(15-17-34)32-30(38)28-29(40-3)26-27(33(28)2)22-12-8-9-13-23(22)35(31(26)39)18-24(36)20-10-6-5-7-11-20/h5-13,21H,4,14-19H2,1-3H3,(H,32,38). The second-order valence-electron chi connectivity index (χ2n) is 10.1. The first-order chi connectivity index (χ1) is 19.8. The molecular weight excluding hydrogens is 524 g/mol. The number of nitrogens with zero attached hydrogens (tertiary/aromatic N) is 3. The molecule has 41 heavy (non-hydrogen) atoms. The van der Waals surface area contributed by atoms with Crippen molar-refractivity contribution in [3.63, 3.8) is 0 Å². The van der Waals surface area contributed by atoms with Crippen molar-refractivity contribution in [1.82, 2.24) is 19.4 Å². The lowest BCUT2D eigenvalue weighted by Crippen LogP contribution is -2.47. The number of nitrogens with one attached hydrogen (secondary N) is 1. The molecule has 1 aliphatic rings. The van der Waals surface area contributed by atoms with Crippen LogP contribution in [0.1, 0.15) is 40.6 Å². The number of amides is 2. The van der Waals surface area contributed by atoms with Crippen LogP contribution in [0.2, 0.25) is 0 Å². The molecule has 0 unspecified atom stereocenters. The van der Waals surface area contributed by atoms with Gasteiger partial charge in [0.2, 0.25) is 5.91 Å². The molecule has 0 spiro atoms. The number of likely N-dealkylation sites (tertiary alicyclic amines) is 1. The number of methoxy groups -OCH3 is 1. The van der Waals surface area contributed by atoms with Gasteiger partial charge in [-0.25, -0.2) is 0 Å². The second kappa shape index (κ2) is 12.0. The molecule has 1 saturated heterocycles. The first-order valence-corrected chi connectivity index (χ1v) is 13.8. The number of aromatic nitrogens is 2. The molecule has 1 fully saturated rings. The van der Waals surface area contributed by atoms with E-state index in [9.17, 15) is 19.2 Å². The van der Waals surface area contributed by atoms with Crippen LogP contribution in [0.15, 0.2) is 59.4 Å². The van der Waals surface area contributed by atoms with Gasteiger partial charge in [-0.2, -0.15) is 0 Å². The van der Waals surface area contributed by atoms with Gasteiger partial charge in [-0.15, -0.1) is 0 Å². The molecule has 0 radical (unpaired) electrons. The zero-order valence-electron chi connectivity index (χ0n) is 23.5. The van der Waals surface area contributed by atoms with Gasteiger partial charge in [0.25, 0.3) is 11.5 Å². The number of ether oxygens (including phenoxy) is 2. The largest absolute Gasteiger partial charge is 0.493 e. The second-order valence-corrected chi connectivity index (χ2v) is 10.1. The number of aryl methyl sites for hydroxylation is 1. The molecule has 1 N–H and O–H groups in total. The Morgan fingerprint density at radius 3 is 2.37 bits per heavy atom. The minimum Gasteiger partial charge on any atom is -0.493 e. The molecule has 0 saturated carbocycles. The number of carbonyl (C=O) groups excluding carboxylic acids is 3. The van der Waals surface area contributed by atoms with E-state index in [2.05, 4.69) is 5.32 Å². The molecule has 0 aliphatic carbocycles. The molecule has 214 valence electrons. The lowest BCUT2D eigenvalue weighted by molar-refractivity contribution is -0.137. The van der Waals surface area contributed by atoms with Crippen LogP contribution in [0.4, 0.5) is 0 Å². The molecule has 3 heterocycles. The Hall–Kier alpha value is -4.44. The number of hydrogen-bond donors (Lipinski definition) is 1. The summed E-state index contributed by atoms with van der Waals surface area (Å²) in [5.74, 6) is -0.451. The van der Waals surface area contributed by atoms with Crippen molar-refractivity contribution in [2.24, 2.45) is 7.05 Å². The Morgan fingerprint density at radius 2 is 1.68 bits per heavy atom. The number of carbonyl (C=O) groups is 3. The topological polar surface area (TPSA) is 112 Å². The van der Waals surface area contributed by atoms with Gasteiger partial charge in [0.05, 0.1) is 24.7 Å². The van der Waals surface area contributed by atoms with Crippen LogP contribution in [-0.2, 0) is 23.1 Å². The van der Waals surface area contributed by atoms with Crippen molar-refractivity contribution in [2.45, 2.75) is 32.4 Å². The first-order valence-electron chi connectivity index (χ1n) is 13.8. The third-order valence-electron chi connectivity index (χ3n) is 7.69. The summed E-state index contributed by atoms with van der Waals surface area (Å²) in [6.07, 6.45) is 1.21. The Labute approximate surface area is 237 Å². The summed E-state index contributed by atoms with van der Waals surface area (Å²) in [7, 11) is 3.17. The number of benzene rings is 2. The number of para-hydroxylation sites is 1. The summed E-state index contributed by atoms with van der Waals surface area (Å²) >= 11 is 0. The smallest absolute Gasteiger partial charge is 0.272 e. The lowest BCUT2D eigenvalue weighted by Gasteiger charge is -2.32. The molecule has 2 amide bonds. The number of rotatable bonds is 9. The van der Waals surface area contributed by atoms with E-state index >= 15 is 0 Å². The van der Waals surface area contributed by atoms with Gasteiger partial charge in [-0.05, 0) is 25.8 Å². The SMILES string of the molecule is CCOCC(=O)N1CCC(NC(=O)c2c(OC)c3c(=O)n(CC(=O)c4ccccc4)c4ccccc4c3n2C)CC1. The molecule has 2 aromatic heterocycles.